The van der Waals surface area contributed by atoms with Gasteiger partial charge in [-0.1, -0.05) is 36.6 Å². The van der Waals surface area contributed by atoms with E-state index in [1.54, 1.807) is 0 Å². The fourth-order valence-corrected chi connectivity index (χ4v) is 5.43. The smallest absolute Gasteiger partial charge is 0.410 e. The molecular weight excluding hydrogens is 452 g/mol. The average molecular weight is 483 g/mol. The maximum Gasteiger partial charge on any atom is 0.410 e. The van der Waals surface area contributed by atoms with Crippen LogP contribution >= 0.6 is 11.6 Å². The number of amides is 1. The maximum absolute atomic E-state index is 13.3. The SMILES string of the molecule is O=C(OCC1CCCC1)N1CCc2c([nH]c3ccc(Cl)cc23)C1c1ccc(OCCCO)cc1. The number of aromatic amines is 1. The minimum absolute atomic E-state index is 0.102. The second-order valence-corrected chi connectivity index (χ2v) is 9.71. The molecule has 1 aromatic heterocycles. The van der Waals surface area contributed by atoms with E-state index in [2.05, 4.69) is 4.98 Å². The maximum atomic E-state index is 13.3. The van der Waals surface area contributed by atoms with Crippen LogP contribution < -0.4 is 4.74 Å². The minimum Gasteiger partial charge on any atom is -0.494 e. The zero-order valence-electron chi connectivity index (χ0n) is 19.3. The van der Waals surface area contributed by atoms with Gasteiger partial charge in [-0.25, -0.2) is 4.79 Å². The third-order valence-electron chi connectivity index (χ3n) is 7.01. The van der Waals surface area contributed by atoms with Gasteiger partial charge in [-0.2, -0.15) is 0 Å². The lowest BCUT2D eigenvalue weighted by Crippen LogP contribution is -2.41. The van der Waals surface area contributed by atoms with Gasteiger partial charge in [0.25, 0.3) is 0 Å². The van der Waals surface area contributed by atoms with Crippen molar-refractivity contribution in [2.24, 2.45) is 5.92 Å². The van der Waals surface area contributed by atoms with Gasteiger partial charge in [0.1, 0.15) is 11.8 Å². The van der Waals surface area contributed by atoms with Crippen LogP contribution in [-0.2, 0) is 11.2 Å². The third-order valence-corrected chi connectivity index (χ3v) is 7.24. The Morgan fingerprint density at radius 2 is 1.94 bits per heavy atom. The van der Waals surface area contributed by atoms with Gasteiger partial charge in [0.15, 0.2) is 0 Å². The molecule has 1 fully saturated rings. The summed E-state index contributed by atoms with van der Waals surface area (Å²) in [5, 5.41) is 10.8. The number of aliphatic hydroxyl groups is 1. The molecular formula is C27H31ClN2O4. The number of hydrogen-bond acceptors (Lipinski definition) is 4. The molecule has 2 aliphatic rings. The highest BCUT2D eigenvalue weighted by Crippen LogP contribution is 2.40. The summed E-state index contributed by atoms with van der Waals surface area (Å²) in [7, 11) is 0. The Bertz CT molecular complexity index is 1140. The Morgan fingerprint density at radius 1 is 1.15 bits per heavy atom. The van der Waals surface area contributed by atoms with Crippen LogP contribution in [0.15, 0.2) is 42.5 Å². The number of nitrogens with one attached hydrogen (secondary N) is 1. The van der Waals surface area contributed by atoms with Crippen LogP contribution in [0.1, 0.15) is 55.0 Å². The second kappa shape index (κ2) is 10.3. The molecule has 1 amide bonds. The number of carbonyl (C=O) groups excluding carboxylic acids is 1. The molecule has 34 heavy (non-hydrogen) atoms. The molecule has 1 unspecified atom stereocenters. The molecule has 2 heterocycles. The number of aliphatic hydroxyl groups excluding tert-OH is 1. The Labute approximate surface area is 204 Å². The fraction of sp³-hybridized carbons (Fsp3) is 0.444. The van der Waals surface area contributed by atoms with Crippen LogP contribution in [-0.4, -0.2) is 47.4 Å². The number of carbonyl (C=O) groups is 1. The van der Waals surface area contributed by atoms with E-state index in [1.165, 1.54) is 18.4 Å². The molecule has 0 saturated heterocycles. The highest BCUT2D eigenvalue weighted by atomic mass is 35.5. The molecule has 0 spiro atoms. The zero-order valence-corrected chi connectivity index (χ0v) is 20.0. The molecule has 1 saturated carbocycles. The van der Waals surface area contributed by atoms with Crippen molar-refractivity contribution in [3.8, 4) is 5.75 Å². The highest BCUT2D eigenvalue weighted by Gasteiger charge is 2.36. The molecule has 0 radical (unpaired) electrons. The average Bonchev–Trinajstić information content (AvgIpc) is 3.50. The summed E-state index contributed by atoms with van der Waals surface area (Å²) in [5.41, 5.74) is 4.22. The second-order valence-electron chi connectivity index (χ2n) is 9.28. The molecule has 0 bridgehead atoms. The molecule has 1 aliphatic heterocycles. The monoisotopic (exact) mass is 482 g/mol. The minimum atomic E-state index is -0.280. The molecule has 1 aliphatic carbocycles. The predicted octanol–water partition coefficient (Wildman–Crippen LogP) is 5.86. The third kappa shape index (κ3) is 4.75. The number of aromatic nitrogens is 1. The van der Waals surface area contributed by atoms with E-state index >= 15 is 0 Å². The molecule has 5 rings (SSSR count). The number of hydrogen-bond donors (Lipinski definition) is 2. The zero-order chi connectivity index (χ0) is 23.5. The van der Waals surface area contributed by atoms with Crippen LogP contribution in [0.5, 0.6) is 5.75 Å². The summed E-state index contributed by atoms with van der Waals surface area (Å²) in [6.45, 7) is 1.64. The van der Waals surface area contributed by atoms with E-state index in [4.69, 9.17) is 26.2 Å². The molecule has 6 nitrogen and oxygen atoms in total. The van der Waals surface area contributed by atoms with Crippen LogP contribution in [0.4, 0.5) is 4.79 Å². The quantitative estimate of drug-likeness (QED) is 0.414. The number of fused-ring (bicyclic) bond motifs is 3. The fourth-order valence-electron chi connectivity index (χ4n) is 5.25. The summed E-state index contributed by atoms with van der Waals surface area (Å²) in [4.78, 5) is 18.7. The summed E-state index contributed by atoms with van der Waals surface area (Å²) in [6, 6.07) is 13.4. The van der Waals surface area contributed by atoms with Crippen LogP contribution in [0, 0.1) is 5.92 Å². The Balaban J connectivity index is 1.45. The van der Waals surface area contributed by atoms with Gasteiger partial charge in [0, 0.05) is 41.2 Å². The van der Waals surface area contributed by atoms with E-state index in [-0.39, 0.29) is 18.7 Å². The van der Waals surface area contributed by atoms with Crippen molar-refractivity contribution >= 4 is 28.6 Å². The topological polar surface area (TPSA) is 74.8 Å². The van der Waals surface area contributed by atoms with E-state index in [0.29, 0.717) is 37.1 Å². The summed E-state index contributed by atoms with van der Waals surface area (Å²) >= 11 is 6.30. The van der Waals surface area contributed by atoms with E-state index < -0.39 is 0 Å². The van der Waals surface area contributed by atoms with Crippen molar-refractivity contribution in [1.82, 2.24) is 9.88 Å². The Hall–Kier alpha value is -2.70. The first kappa shape index (κ1) is 23.1. The molecule has 2 N–H and O–H groups in total. The van der Waals surface area contributed by atoms with Gasteiger partial charge in [-0.05, 0) is 66.6 Å². The van der Waals surface area contributed by atoms with Gasteiger partial charge in [-0.3, -0.25) is 4.90 Å². The number of nitrogens with zero attached hydrogens (tertiary/aromatic N) is 1. The molecule has 180 valence electrons. The Morgan fingerprint density at radius 3 is 2.71 bits per heavy atom. The molecule has 2 aromatic carbocycles. The van der Waals surface area contributed by atoms with Gasteiger partial charge >= 0.3 is 6.09 Å². The highest BCUT2D eigenvalue weighted by molar-refractivity contribution is 6.31. The van der Waals surface area contributed by atoms with Crippen molar-refractivity contribution in [2.75, 3.05) is 26.4 Å². The number of ether oxygens (including phenoxy) is 2. The van der Waals surface area contributed by atoms with Gasteiger partial charge < -0.3 is 19.6 Å². The van der Waals surface area contributed by atoms with Crippen molar-refractivity contribution in [2.45, 2.75) is 44.6 Å². The molecule has 7 heteroatoms. The number of H-pyrrole nitrogens is 1. The number of halogens is 1. The van der Waals surface area contributed by atoms with Crippen LogP contribution in [0.25, 0.3) is 10.9 Å². The Kier molecular flexibility index (Phi) is 6.97. The van der Waals surface area contributed by atoms with Crippen molar-refractivity contribution in [1.29, 1.82) is 0 Å². The first-order chi connectivity index (χ1) is 16.6. The van der Waals surface area contributed by atoms with Crippen molar-refractivity contribution in [3.63, 3.8) is 0 Å². The lowest BCUT2D eigenvalue weighted by molar-refractivity contribution is 0.0763. The van der Waals surface area contributed by atoms with Gasteiger partial charge in [0.05, 0.1) is 13.2 Å². The molecule has 3 aromatic rings. The van der Waals surface area contributed by atoms with E-state index in [9.17, 15) is 4.79 Å². The summed E-state index contributed by atoms with van der Waals surface area (Å²) in [5.74, 6) is 1.22. The van der Waals surface area contributed by atoms with Gasteiger partial charge in [0.2, 0.25) is 0 Å². The first-order valence-electron chi connectivity index (χ1n) is 12.2. The van der Waals surface area contributed by atoms with Crippen LogP contribution in [0.2, 0.25) is 5.02 Å². The first-order valence-corrected chi connectivity index (χ1v) is 12.6. The largest absolute Gasteiger partial charge is 0.494 e. The van der Waals surface area contributed by atoms with E-state index in [1.807, 2.05) is 47.4 Å². The summed E-state index contributed by atoms with van der Waals surface area (Å²) < 4.78 is 11.5. The normalized spacial score (nSPS) is 18.3. The summed E-state index contributed by atoms with van der Waals surface area (Å²) in [6.07, 6.45) is 5.80. The van der Waals surface area contributed by atoms with Crippen LogP contribution in [0.3, 0.4) is 0 Å². The lowest BCUT2D eigenvalue weighted by atomic mass is 9.92. The number of rotatable bonds is 7. The predicted molar refractivity (Wildman–Crippen MR) is 133 cm³/mol. The molecule has 1 atom stereocenters. The standard InChI is InChI=1S/C27H31ClN2O4/c28-20-8-11-24-23(16-20)22-12-13-30(27(32)34-17-18-4-1-2-5-18)26(25(22)29-24)19-6-9-21(10-7-19)33-15-3-14-31/h6-11,16,18,26,29,31H,1-5,12-15,17H2. The lowest BCUT2D eigenvalue weighted by Gasteiger charge is -2.35. The van der Waals surface area contributed by atoms with E-state index in [0.717, 1.165) is 47.2 Å². The van der Waals surface area contributed by atoms with Gasteiger partial charge in [-0.15, -0.1) is 0 Å². The number of benzene rings is 2. The van der Waals surface area contributed by atoms with Crippen molar-refractivity contribution < 1.29 is 19.4 Å². The van der Waals surface area contributed by atoms with Crippen molar-refractivity contribution in [3.05, 3.63) is 64.3 Å².